The van der Waals surface area contributed by atoms with Gasteiger partial charge in [0.15, 0.2) is 0 Å². The molecule has 3 heterocycles. The number of anilines is 1. The molecule has 2 fully saturated rings. The predicted octanol–water partition coefficient (Wildman–Crippen LogP) is 4.26. The van der Waals surface area contributed by atoms with Crippen LogP contribution in [0.15, 0.2) is 36.7 Å². The molecule has 0 unspecified atom stereocenters. The molecule has 31 heavy (non-hydrogen) atoms. The van der Waals surface area contributed by atoms with Gasteiger partial charge in [-0.05, 0) is 37.1 Å². The molecule has 0 bridgehead atoms. The van der Waals surface area contributed by atoms with Gasteiger partial charge in [-0.15, -0.1) is 0 Å². The maximum Gasteiger partial charge on any atom is 0.416 e. The third-order valence-corrected chi connectivity index (χ3v) is 5.83. The van der Waals surface area contributed by atoms with Gasteiger partial charge >= 0.3 is 12.4 Å². The molecule has 2 aromatic rings. The molecule has 1 aromatic carbocycles. The fourth-order valence-electron chi connectivity index (χ4n) is 4.12. The Labute approximate surface area is 173 Å². The Kier molecular flexibility index (Phi) is 5.09. The number of benzene rings is 1. The summed E-state index contributed by atoms with van der Waals surface area (Å²) in [5.74, 6) is -0.218. The molecular formula is C20H18F6N4O. The summed E-state index contributed by atoms with van der Waals surface area (Å²) in [5.41, 5.74) is -3.64. The van der Waals surface area contributed by atoms with E-state index in [1.807, 2.05) is 4.90 Å². The highest BCUT2D eigenvalue weighted by atomic mass is 19.4. The number of halogens is 6. The number of likely N-dealkylation sites (tertiary alicyclic amines) is 1. The number of rotatable bonds is 2. The van der Waals surface area contributed by atoms with Crippen LogP contribution in [0.2, 0.25) is 0 Å². The van der Waals surface area contributed by atoms with Crippen LogP contribution in [-0.4, -0.2) is 47.0 Å². The van der Waals surface area contributed by atoms with E-state index in [1.54, 1.807) is 18.5 Å². The largest absolute Gasteiger partial charge is 0.416 e. The number of piperidine rings is 1. The van der Waals surface area contributed by atoms with Gasteiger partial charge in [-0.25, -0.2) is 9.97 Å². The van der Waals surface area contributed by atoms with E-state index < -0.39 is 35.0 Å². The molecule has 166 valence electrons. The van der Waals surface area contributed by atoms with E-state index in [0.717, 1.165) is 0 Å². The highest BCUT2D eigenvalue weighted by Crippen LogP contribution is 2.42. The highest BCUT2D eigenvalue weighted by molar-refractivity contribution is 5.94. The molecular weight excluding hydrogens is 426 g/mol. The molecule has 1 spiro atoms. The van der Waals surface area contributed by atoms with Crippen molar-refractivity contribution in [3.63, 3.8) is 0 Å². The van der Waals surface area contributed by atoms with Crippen molar-refractivity contribution < 1.29 is 31.1 Å². The summed E-state index contributed by atoms with van der Waals surface area (Å²) in [5, 5.41) is 0. The number of alkyl halides is 6. The molecule has 2 aliphatic rings. The van der Waals surface area contributed by atoms with Gasteiger partial charge in [-0.1, -0.05) is 0 Å². The van der Waals surface area contributed by atoms with E-state index in [2.05, 4.69) is 9.97 Å². The molecule has 2 saturated heterocycles. The number of nitrogens with zero attached hydrogens (tertiary/aromatic N) is 4. The minimum Gasteiger partial charge on any atom is -0.340 e. The molecule has 4 rings (SSSR count). The maximum absolute atomic E-state index is 13.1. The maximum atomic E-state index is 13.1. The molecule has 5 nitrogen and oxygen atoms in total. The van der Waals surface area contributed by atoms with Crippen LogP contribution in [0.5, 0.6) is 0 Å². The Balaban J connectivity index is 1.46. The summed E-state index contributed by atoms with van der Waals surface area (Å²) >= 11 is 0. The van der Waals surface area contributed by atoms with Crippen LogP contribution < -0.4 is 4.90 Å². The van der Waals surface area contributed by atoms with E-state index in [0.29, 0.717) is 44.0 Å². The van der Waals surface area contributed by atoms with Gasteiger partial charge in [0, 0.05) is 49.6 Å². The molecule has 1 amide bonds. The minimum atomic E-state index is -4.99. The Hall–Kier alpha value is -2.85. The van der Waals surface area contributed by atoms with Crippen molar-refractivity contribution in [1.82, 2.24) is 14.9 Å². The van der Waals surface area contributed by atoms with Gasteiger partial charge in [-0.2, -0.15) is 26.3 Å². The zero-order chi connectivity index (χ0) is 22.4. The van der Waals surface area contributed by atoms with Crippen LogP contribution in [0, 0.1) is 5.41 Å². The monoisotopic (exact) mass is 444 g/mol. The zero-order valence-electron chi connectivity index (χ0n) is 16.2. The molecule has 2 aliphatic heterocycles. The number of carbonyl (C=O) groups excluding carboxylic acids is 1. The second-order valence-electron chi connectivity index (χ2n) is 7.99. The van der Waals surface area contributed by atoms with E-state index in [-0.39, 0.29) is 24.6 Å². The number of amides is 1. The van der Waals surface area contributed by atoms with Gasteiger partial charge in [0.25, 0.3) is 5.91 Å². The van der Waals surface area contributed by atoms with Crippen LogP contribution in [0.25, 0.3) is 0 Å². The Morgan fingerprint density at radius 2 is 1.39 bits per heavy atom. The quantitative estimate of drug-likeness (QED) is 0.650. The zero-order valence-corrected chi connectivity index (χ0v) is 16.2. The number of hydrogen-bond acceptors (Lipinski definition) is 4. The summed E-state index contributed by atoms with van der Waals surface area (Å²) in [6.07, 6.45) is -5.49. The minimum absolute atomic E-state index is 0.0244. The first kappa shape index (κ1) is 21.4. The summed E-state index contributed by atoms with van der Waals surface area (Å²) in [4.78, 5) is 24.4. The van der Waals surface area contributed by atoms with E-state index in [1.165, 1.54) is 4.90 Å². The van der Waals surface area contributed by atoms with E-state index in [4.69, 9.17) is 0 Å². The lowest BCUT2D eigenvalue weighted by Crippen LogP contribution is -2.61. The Bertz CT molecular complexity index is 928. The first-order valence-corrected chi connectivity index (χ1v) is 9.58. The smallest absolute Gasteiger partial charge is 0.340 e. The molecule has 11 heteroatoms. The van der Waals surface area contributed by atoms with Crippen molar-refractivity contribution in [3.8, 4) is 0 Å². The van der Waals surface area contributed by atoms with Crippen LogP contribution in [0.1, 0.15) is 34.3 Å². The van der Waals surface area contributed by atoms with Crippen molar-refractivity contribution in [2.45, 2.75) is 25.2 Å². The van der Waals surface area contributed by atoms with Crippen LogP contribution in [-0.2, 0) is 12.4 Å². The number of carbonyl (C=O) groups is 1. The summed E-state index contributed by atoms with van der Waals surface area (Å²) in [7, 11) is 0. The summed E-state index contributed by atoms with van der Waals surface area (Å²) < 4.78 is 78.4. The normalized spacial score (nSPS) is 18.8. The van der Waals surface area contributed by atoms with Crippen molar-refractivity contribution in [2.24, 2.45) is 5.41 Å². The summed E-state index contributed by atoms with van der Waals surface area (Å²) in [6, 6.07) is 2.71. The van der Waals surface area contributed by atoms with Gasteiger partial charge in [0.2, 0.25) is 5.95 Å². The second-order valence-corrected chi connectivity index (χ2v) is 7.99. The molecule has 0 N–H and O–H groups in total. The molecule has 0 saturated carbocycles. The molecule has 0 atom stereocenters. The lowest BCUT2D eigenvalue weighted by Gasteiger charge is -2.53. The van der Waals surface area contributed by atoms with E-state index in [9.17, 15) is 31.1 Å². The highest BCUT2D eigenvalue weighted by Gasteiger charge is 2.46. The first-order chi connectivity index (χ1) is 14.5. The second kappa shape index (κ2) is 7.38. The van der Waals surface area contributed by atoms with Crippen LogP contribution in [0.3, 0.4) is 0 Å². The Morgan fingerprint density at radius 1 is 0.871 bits per heavy atom. The van der Waals surface area contributed by atoms with Crippen molar-refractivity contribution in [1.29, 1.82) is 0 Å². The number of aromatic nitrogens is 2. The number of hydrogen-bond donors (Lipinski definition) is 0. The summed E-state index contributed by atoms with van der Waals surface area (Å²) in [6.45, 7) is 1.92. The third kappa shape index (κ3) is 4.31. The SMILES string of the molecule is O=C(c1cc(C(F)(F)F)cc(C(F)(F)F)c1)N1CCC2(CC1)CN(c1ncccn1)C2. The third-order valence-electron chi connectivity index (χ3n) is 5.83. The fourth-order valence-corrected chi connectivity index (χ4v) is 4.12. The topological polar surface area (TPSA) is 49.3 Å². The van der Waals surface area contributed by atoms with Crippen LogP contribution in [0.4, 0.5) is 32.3 Å². The van der Waals surface area contributed by atoms with Gasteiger partial charge in [-0.3, -0.25) is 4.79 Å². The molecule has 1 aromatic heterocycles. The fraction of sp³-hybridized carbons (Fsp3) is 0.450. The average Bonchev–Trinajstić information content (AvgIpc) is 2.70. The lowest BCUT2D eigenvalue weighted by atomic mass is 9.72. The van der Waals surface area contributed by atoms with Crippen molar-refractivity contribution in [3.05, 3.63) is 53.3 Å². The Morgan fingerprint density at radius 3 is 1.87 bits per heavy atom. The standard InChI is InChI=1S/C20H18F6N4O/c21-19(22,23)14-8-13(9-15(10-14)20(24,25)26)16(31)29-6-2-18(3-7-29)11-30(12-18)17-27-4-1-5-28-17/h1,4-5,8-10H,2-3,6-7,11-12H2. The predicted molar refractivity (Wildman–Crippen MR) is 98.3 cm³/mol. The molecule has 0 radical (unpaired) electrons. The van der Waals surface area contributed by atoms with Crippen molar-refractivity contribution >= 4 is 11.9 Å². The van der Waals surface area contributed by atoms with Crippen molar-refractivity contribution in [2.75, 3.05) is 31.1 Å². The lowest BCUT2D eigenvalue weighted by molar-refractivity contribution is -0.143. The van der Waals surface area contributed by atoms with Gasteiger partial charge in [0.1, 0.15) is 0 Å². The first-order valence-electron chi connectivity index (χ1n) is 9.58. The average molecular weight is 444 g/mol. The van der Waals surface area contributed by atoms with Gasteiger partial charge < -0.3 is 9.80 Å². The van der Waals surface area contributed by atoms with E-state index >= 15 is 0 Å². The van der Waals surface area contributed by atoms with Crippen LogP contribution >= 0.6 is 0 Å². The molecule has 0 aliphatic carbocycles. The van der Waals surface area contributed by atoms with Gasteiger partial charge in [0.05, 0.1) is 11.1 Å².